The molecular weight excluding hydrogens is 236 g/mol. The monoisotopic (exact) mass is 256 g/mol. The summed E-state index contributed by atoms with van der Waals surface area (Å²) in [5, 5.41) is 12.6. The Kier molecular flexibility index (Phi) is 6.73. The Morgan fingerprint density at radius 1 is 1.29 bits per heavy atom. The van der Waals surface area contributed by atoms with Crippen LogP contribution in [-0.2, 0) is 0 Å². The largest absolute Gasteiger partial charge is 0.396 e. The summed E-state index contributed by atoms with van der Waals surface area (Å²) in [6.07, 6.45) is 6.06. The lowest BCUT2D eigenvalue weighted by Gasteiger charge is -2.07. The predicted octanol–water partition coefficient (Wildman–Crippen LogP) is 1.75. The molecule has 17 heavy (non-hydrogen) atoms. The summed E-state index contributed by atoms with van der Waals surface area (Å²) in [6, 6.07) is 1.74. The quantitative estimate of drug-likeness (QED) is 0.373. The van der Waals surface area contributed by atoms with Crippen LogP contribution in [-0.4, -0.2) is 34.5 Å². The summed E-state index contributed by atoms with van der Waals surface area (Å²) in [5.41, 5.74) is 5.67. The van der Waals surface area contributed by atoms with Gasteiger partial charge < -0.3 is 16.2 Å². The summed E-state index contributed by atoms with van der Waals surface area (Å²) < 4.78 is 0. The smallest absolute Gasteiger partial charge is 0.191 e. The summed E-state index contributed by atoms with van der Waals surface area (Å²) in [5.74, 6) is 1.27. The molecule has 0 saturated carbocycles. The number of nitrogens with one attached hydrogen (secondary N) is 1. The van der Waals surface area contributed by atoms with Crippen molar-refractivity contribution in [2.24, 2.45) is 0 Å². The Balaban J connectivity index is 2.28. The molecule has 0 aliphatic carbocycles. The topological polar surface area (TPSA) is 84.1 Å². The van der Waals surface area contributed by atoms with Crippen molar-refractivity contribution in [1.82, 2.24) is 9.97 Å². The molecular formula is C11H20N4OS. The lowest BCUT2D eigenvalue weighted by Crippen LogP contribution is -2.06. The number of hydrogen-bond acceptors (Lipinski definition) is 6. The molecule has 0 bridgehead atoms. The minimum Gasteiger partial charge on any atom is -0.396 e. The Morgan fingerprint density at radius 2 is 2.06 bits per heavy atom. The third-order valence-corrected chi connectivity index (χ3v) is 2.85. The molecule has 4 N–H and O–H groups in total. The van der Waals surface area contributed by atoms with Crippen molar-refractivity contribution < 1.29 is 5.11 Å². The maximum atomic E-state index is 8.64. The Morgan fingerprint density at radius 3 is 2.76 bits per heavy atom. The second-order valence-corrected chi connectivity index (χ2v) is 4.50. The predicted molar refractivity (Wildman–Crippen MR) is 72.3 cm³/mol. The van der Waals surface area contributed by atoms with Gasteiger partial charge in [0.2, 0.25) is 0 Å². The Hall–Kier alpha value is -1.01. The molecule has 1 aromatic rings. The Bertz CT molecular complexity index is 335. The van der Waals surface area contributed by atoms with Gasteiger partial charge in [-0.3, -0.25) is 0 Å². The van der Waals surface area contributed by atoms with E-state index in [1.807, 2.05) is 6.26 Å². The number of unbranched alkanes of at least 4 members (excludes halogenated alkanes) is 3. The molecule has 0 aliphatic heterocycles. The van der Waals surface area contributed by atoms with E-state index in [1.165, 1.54) is 11.8 Å². The summed E-state index contributed by atoms with van der Waals surface area (Å²) in [4.78, 5) is 8.39. The number of rotatable bonds is 8. The lowest BCUT2D eigenvalue weighted by molar-refractivity contribution is 0.283. The molecule has 0 atom stereocenters. The van der Waals surface area contributed by atoms with E-state index in [0.29, 0.717) is 11.0 Å². The molecule has 0 fully saturated rings. The van der Waals surface area contributed by atoms with E-state index < -0.39 is 0 Å². The molecule has 0 aliphatic rings. The van der Waals surface area contributed by atoms with E-state index in [4.69, 9.17) is 10.8 Å². The standard InChI is InChI=1S/C11H20N4OS/c1-17-11-14-9(12)8-10(15-11)13-6-4-2-3-5-7-16/h8,16H,2-7H2,1H3,(H3,12,13,14,15). The SMILES string of the molecule is CSc1nc(N)cc(NCCCCCCO)n1. The van der Waals surface area contributed by atoms with Gasteiger partial charge in [-0.05, 0) is 19.1 Å². The van der Waals surface area contributed by atoms with Crippen LogP contribution >= 0.6 is 11.8 Å². The van der Waals surface area contributed by atoms with Gasteiger partial charge in [-0.2, -0.15) is 0 Å². The molecule has 0 unspecified atom stereocenters. The minimum absolute atomic E-state index is 0.285. The number of aromatic nitrogens is 2. The molecule has 1 heterocycles. The highest BCUT2D eigenvalue weighted by atomic mass is 32.2. The zero-order chi connectivity index (χ0) is 12.5. The normalized spacial score (nSPS) is 10.5. The number of hydrogen-bond donors (Lipinski definition) is 3. The van der Waals surface area contributed by atoms with Gasteiger partial charge >= 0.3 is 0 Å². The molecule has 0 saturated heterocycles. The van der Waals surface area contributed by atoms with Gasteiger partial charge in [0.05, 0.1) is 0 Å². The fourth-order valence-corrected chi connectivity index (χ4v) is 1.82. The van der Waals surface area contributed by atoms with E-state index in [0.717, 1.165) is 38.0 Å². The van der Waals surface area contributed by atoms with Crippen LogP contribution in [0.2, 0.25) is 0 Å². The fourth-order valence-electron chi connectivity index (χ4n) is 1.43. The second kappa shape index (κ2) is 8.14. The van der Waals surface area contributed by atoms with Crippen molar-refractivity contribution in [2.45, 2.75) is 30.8 Å². The molecule has 1 aromatic heterocycles. The van der Waals surface area contributed by atoms with Crippen molar-refractivity contribution in [3.8, 4) is 0 Å². The third-order valence-electron chi connectivity index (χ3n) is 2.30. The molecule has 0 aromatic carbocycles. The van der Waals surface area contributed by atoms with Crippen LogP contribution in [0, 0.1) is 0 Å². The van der Waals surface area contributed by atoms with E-state index in [2.05, 4.69) is 15.3 Å². The highest BCUT2D eigenvalue weighted by molar-refractivity contribution is 7.98. The molecule has 0 amide bonds. The van der Waals surface area contributed by atoms with Crippen LogP contribution < -0.4 is 11.1 Å². The highest BCUT2D eigenvalue weighted by Crippen LogP contribution is 2.15. The molecule has 0 radical (unpaired) electrons. The number of nitrogen functional groups attached to an aromatic ring is 1. The first-order chi connectivity index (χ1) is 8.26. The van der Waals surface area contributed by atoms with Gasteiger partial charge in [0, 0.05) is 19.2 Å². The summed E-state index contributed by atoms with van der Waals surface area (Å²) in [6.45, 7) is 1.16. The zero-order valence-corrected chi connectivity index (χ0v) is 11.0. The molecule has 0 spiro atoms. The zero-order valence-electron chi connectivity index (χ0n) is 10.1. The summed E-state index contributed by atoms with van der Waals surface area (Å²) >= 11 is 1.48. The van der Waals surface area contributed by atoms with Gasteiger partial charge in [-0.25, -0.2) is 9.97 Å². The third kappa shape index (κ3) is 5.74. The van der Waals surface area contributed by atoms with Crippen molar-refractivity contribution in [3.05, 3.63) is 6.07 Å². The van der Waals surface area contributed by atoms with Gasteiger partial charge in [0.25, 0.3) is 0 Å². The van der Waals surface area contributed by atoms with Gasteiger partial charge in [-0.15, -0.1) is 0 Å². The number of aliphatic hydroxyl groups excluding tert-OH is 1. The minimum atomic E-state index is 0.285. The number of nitrogens with two attached hydrogens (primary N) is 1. The average molecular weight is 256 g/mol. The van der Waals surface area contributed by atoms with E-state index in [9.17, 15) is 0 Å². The molecule has 96 valence electrons. The number of aliphatic hydroxyl groups is 1. The van der Waals surface area contributed by atoms with Gasteiger partial charge in [-0.1, -0.05) is 24.6 Å². The van der Waals surface area contributed by atoms with Crippen LogP contribution in [0.5, 0.6) is 0 Å². The number of anilines is 2. The van der Waals surface area contributed by atoms with Crippen LogP contribution in [0.4, 0.5) is 11.6 Å². The van der Waals surface area contributed by atoms with Crippen LogP contribution in [0.15, 0.2) is 11.2 Å². The first-order valence-corrected chi connectivity index (χ1v) is 7.02. The van der Waals surface area contributed by atoms with Gasteiger partial charge in [0.15, 0.2) is 5.16 Å². The maximum absolute atomic E-state index is 8.64. The lowest BCUT2D eigenvalue weighted by atomic mass is 10.2. The maximum Gasteiger partial charge on any atom is 0.191 e. The number of thioether (sulfide) groups is 1. The summed E-state index contributed by atoms with van der Waals surface area (Å²) in [7, 11) is 0. The van der Waals surface area contributed by atoms with Crippen molar-refractivity contribution >= 4 is 23.4 Å². The van der Waals surface area contributed by atoms with Crippen LogP contribution in [0.25, 0.3) is 0 Å². The second-order valence-electron chi connectivity index (χ2n) is 3.73. The fraction of sp³-hybridized carbons (Fsp3) is 0.636. The first-order valence-electron chi connectivity index (χ1n) is 5.79. The number of nitrogens with zero attached hydrogens (tertiary/aromatic N) is 2. The Labute approximate surface area is 106 Å². The van der Waals surface area contributed by atoms with E-state index >= 15 is 0 Å². The highest BCUT2D eigenvalue weighted by Gasteiger charge is 2.00. The molecule has 5 nitrogen and oxygen atoms in total. The molecule has 1 rings (SSSR count). The van der Waals surface area contributed by atoms with Crippen molar-refractivity contribution in [3.63, 3.8) is 0 Å². The average Bonchev–Trinajstić information content (AvgIpc) is 2.33. The van der Waals surface area contributed by atoms with E-state index in [1.54, 1.807) is 6.07 Å². The van der Waals surface area contributed by atoms with Crippen molar-refractivity contribution in [2.75, 3.05) is 30.5 Å². The van der Waals surface area contributed by atoms with Crippen LogP contribution in [0.3, 0.4) is 0 Å². The van der Waals surface area contributed by atoms with Crippen molar-refractivity contribution in [1.29, 1.82) is 0 Å². The van der Waals surface area contributed by atoms with Gasteiger partial charge in [0.1, 0.15) is 11.6 Å². The van der Waals surface area contributed by atoms with Crippen LogP contribution in [0.1, 0.15) is 25.7 Å². The molecule has 6 heteroatoms. The first kappa shape index (κ1) is 14.1. The van der Waals surface area contributed by atoms with E-state index in [-0.39, 0.29) is 6.61 Å².